The molecule has 0 atom stereocenters. The van der Waals surface area contributed by atoms with Gasteiger partial charge in [0.1, 0.15) is 22.3 Å². The van der Waals surface area contributed by atoms with Gasteiger partial charge in [0.05, 0.1) is 63.1 Å². The zero-order chi connectivity index (χ0) is 106. The Morgan fingerprint density at radius 3 is 0.951 bits per heavy atom. The van der Waals surface area contributed by atoms with Crippen LogP contribution in [0.15, 0.2) is 347 Å². The van der Waals surface area contributed by atoms with Crippen molar-refractivity contribution >= 4 is 173 Å². The van der Waals surface area contributed by atoms with Gasteiger partial charge in [0.2, 0.25) is 0 Å². The second-order valence-electron chi connectivity index (χ2n) is 24.3. The minimum atomic E-state index is -1.10. The van der Waals surface area contributed by atoms with E-state index in [2.05, 4.69) is 0 Å². The number of para-hydroxylation sites is 2. The molecule has 24 rings (SSSR count). The van der Waals surface area contributed by atoms with Crippen LogP contribution in [0.3, 0.4) is 0 Å². The van der Waals surface area contributed by atoms with E-state index >= 15 is 0 Å². The molecule has 22 aromatic carbocycles. The van der Waals surface area contributed by atoms with Crippen molar-refractivity contribution in [1.29, 1.82) is 0 Å². The molecule has 2 aromatic heterocycles. The van der Waals surface area contributed by atoms with Crippen molar-refractivity contribution in [3.8, 4) is 66.8 Å². The van der Waals surface area contributed by atoms with E-state index in [-0.39, 0.29) is 97.7 Å². The molecule has 0 radical (unpaired) electrons. The summed E-state index contributed by atoms with van der Waals surface area (Å²) in [6.45, 7) is 0. The Kier molecular flexibility index (Phi) is 5.73. The van der Waals surface area contributed by atoms with Crippen LogP contribution in [0.25, 0.3) is 240 Å². The summed E-state index contributed by atoms with van der Waals surface area (Å²) in [4.78, 5) is 0. The first kappa shape index (κ1) is 27.7. The van der Waals surface area contributed by atoms with E-state index in [0.29, 0.717) is 27.7 Å². The maximum atomic E-state index is 10.3. The summed E-state index contributed by atoms with van der Waals surface area (Å²) >= 11 is 0. The SMILES string of the molecule is [2H]c1c(-c2c([2H])c([2H])c3c([2H])c([2H])c4c([2H])c([2H])c([2H])c5c([2H])c([2H])c2c3c45)c([2H])c(-c2c([2H])c([2H])c([2H])c3oc4c([2H])c([2H])c([2H])c([2H])c4c23)c([2H])c1-c1c([2H])c([2H])c2c([2H])c([2H])c3c([2H])c([2H])c([2H])c4c([2H])c([2H])c1c2c34.[2H]c1c([2H])c2c([2H])c([2H])c3c([2H])c([2H])c(-c4cc(-c5c([2H])c([2H])c6c([2H])c([2H])c7c([2H])c([2H])c([2H])c8c([2H])c([2H])c5c6c78)cc(-c5cccc6oc7ccccc7c56)c4)c4c([2H])c([2H])c(c1[2H])c2c34. The fraction of sp³-hybridized carbons (Fsp3) is 0. The number of benzene rings is 22. The van der Waals surface area contributed by atoms with Crippen LogP contribution >= 0.6 is 0 Å². The first-order valence-corrected chi connectivity index (χ1v) is 31.6. The highest BCUT2D eigenvalue weighted by Crippen LogP contribution is 2.50. The van der Waals surface area contributed by atoms with Crippen molar-refractivity contribution in [2.24, 2.45) is 0 Å². The van der Waals surface area contributed by atoms with E-state index < -0.39 is 387 Å². The molecule has 2 nitrogen and oxygen atoms in total. The molecule has 24 aromatic rings. The van der Waals surface area contributed by atoms with E-state index in [1.165, 1.54) is 6.07 Å². The van der Waals surface area contributed by atoms with Crippen LogP contribution in [0.1, 0.15) is 63.1 Å². The van der Waals surface area contributed by atoms with E-state index in [1.807, 2.05) is 24.3 Å². The average Bonchev–Trinajstić information content (AvgIpc) is 0.772. The fourth-order valence-electron chi connectivity index (χ4n) is 14.5. The van der Waals surface area contributed by atoms with Gasteiger partial charge < -0.3 is 8.83 Å². The van der Waals surface area contributed by atoms with Gasteiger partial charge in [0.15, 0.2) is 0 Å². The zero-order valence-electron chi connectivity index (χ0n) is 97.6. The highest BCUT2D eigenvalue weighted by atomic mass is 16.3. The van der Waals surface area contributed by atoms with E-state index in [0.717, 1.165) is 5.39 Å². The quantitative estimate of drug-likeness (QED) is 0.155. The van der Waals surface area contributed by atoms with Gasteiger partial charge in [0, 0.05) is 21.5 Å². The van der Waals surface area contributed by atoms with Crippen molar-refractivity contribution in [2.75, 3.05) is 0 Å². The van der Waals surface area contributed by atoms with Crippen molar-refractivity contribution in [1.82, 2.24) is 0 Å². The normalized spacial score (nSPS) is 18.6. The van der Waals surface area contributed by atoms with Gasteiger partial charge in [-0.05, 0) is 257 Å². The molecular formula is C100H56O2. The van der Waals surface area contributed by atoms with E-state index in [1.54, 1.807) is 30.3 Å². The second-order valence-corrected chi connectivity index (χ2v) is 24.3. The first-order chi connectivity index (χ1) is 69.8. The summed E-state index contributed by atoms with van der Waals surface area (Å²) in [6.07, 6.45) is 0. The summed E-state index contributed by atoms with van der Waals surface area (Å²) in [6, 6.07) is -16.7. The Morgan fingerprint density at radius 2 is 0.500 bits per heavy atom. The van der Waals surface area contributed by atoms with Crippen LogP contribution in [0, 0.1) is 0 Å². The Morgan fingerprint density at radius 1 is 0.176 bits per heavy atom. The van der Waals surface area contributed by atoms with Crippen molar-refractivity contribution in [2.45, 2.75) is 0 Å². The molecule has 0 amide bonds. The fourth-order valence-corrected chi connectivity index (χ4v) is 14.5. The van der Waals surface area contributed by atoms with E-state index in [4.69, 9.17) is 44.5 Å². The van der Waals surface area contributed by atoms with Crippen LogP contribution in [0.2, 0.25) is 0 Å². The average molecular weight is 1340 g/mol. The molecule has 468 valence electrons. The van der Waals surface area contributed by atoms with Gasteiger partial charge in [-0.1, -0.05) is 278 Å². The molecule has 0 bridgehead atoms. The summed E-state index contributed by atoms with van der Waals surface area (Å²) in [5, 5.41) is -7.09. The summed E-state index contributed by atoms with van der Waals surface area (Å²) < 4.78 is 435. The van der Waals surface area contributed by atoms with Gasteiger partial charge in [-0.15, -0.1) is 0 Å². The van der Waals surface area contributed by atoms with Crippen LogP contribution in [-0.4, -0.2) is 0 Å². The van der Waals surface area contributed by atoms with Crippen LogP contribution in [0.5, 0.6) is 0 Å². The Hall–Kier alpha value is -13.4. The Labute approximate surface area is 649 Å². The molecule has 2 heteroatoms. The minimum Gasteiger partial charge on any atom is -0.456 e. The predicted molar refractivity (Wildman–Crippen MR) is 435 cm³/mol. The van der Waals surface area contributed by atoms with Gasteiger partial charge in [-0.2, -0.15) is 0 Å². The number of fused-ring (bicyclic) bond motifs is 6. The summed E-state index contributed by atoms with van der Waals surface area (Å²) in [5.41, 5.74) is -4.30. The summed E-state index contributed by atoms with van der Waals surface area (Å²) in [5.74, 6) is 0. The third-order valence-electron chi connectivity index (χ3n) is 18.9. The molecule has 0 aliphatic heterocycles. The number of hydrogen-bond acceptors (Lipinski definition) is 2. The third kappa shape index (κ3) is 8.06. The third-order valence-corrected chi connectivity index (χ3v) is 18.9. The molecular weight excluding hydrogens is 1230 g/mol. The molecule has 0 spiro atoms. The van der Waals surface area contributed by atoms with E-state index in [9.17, 15) is 27.4 Å². The predicted octanol–water partition coefficient (Wildman–Crippen LogP) is 28.8. The van der Waals surface area contributed by atoms with Gasteiger partial charge in [-0.3, -0.25) is 0 Å². The highest BCUT2D eigenvalue weighted by Gasteiger charge is 2.23. The molecule has 0 aliphatic rings. The maximum absolute atomic E-state index is 10.3. The largest absolute Gasteiger partial charge is 0.456 e. The van der Waals surface area contributed by atoms with Gasteiger partial charge in [-0.25, -0.2) is 0 Å². The number of hydrogen-bond donors (Lipinski definition) is 0. The highest BCUT2D eigenvalue weighted by molar-refractivity contribution is 6.30. The molecule has 0 saturated heterocycles. The summed E-state index contributed by atoms with van der Waals surface area (Å²) in [7, 11) is 0. The lowest BCUT2D eigenvalue weighted by molar-refractivity contribution is 0.668. The minimum absolute atomic E-state index is 0.0279. The van der Waals surface area contributed by atoms with Gasteiger partial charge >= 0.3 is 0 Å². The lowest BCUT2D eigenvalue weighted by Crippen LogP contribution is -1.91. The van der Waals surface area contributed by atoms with Crippen molar-refractivity contribution in [3.05, 3.63) is 339 Å². The molecule has 0 aliphatic carbocycles. The smallest absolute Gasteiger partial charge is 0.136 e. The molecule has 2 heterocycles. The van der Waals surface area contributed by atoms with Crippen molar-refractivity contribution in [3.63, 3.8) is 0 Å². The second kappa shape index (κ2) is 21.1. The zero-order valence-corrected chi connectivity index (χ0v) is 51.6. The lowest BCUT2D eigenvalue weighted by Gasteiger charge is -2.18. The number of furan rings is 2. The van der Waals surface area contributed by atoms with Crippen LogP contribution in [0.4, 0.5) is 0 Å². The topological polar surface area (TPSA) is 26.3 Å². The molecule has 0 fully saturated rings. The monoisotopic (exact) mass is 1330 g/mol. The Bertz CT molecular complexity index is 10000. The van der Waals surface area contributed by atoms with Gasteiger partial charge in [0.25, 0.3) is 0 Å². The lowest BCUT2D eigenvalue weighted by atomic mass is 9.85. The standard InChI is InChI=1S/2C50H28O/c2*1-2-12-44-43(10-1)50-40(11-5-13-45(50)51-44)37-27-35(38-22-18-33-16-14-29-6-3-8-31-20-24-41(38)48(33)46(29)31)26-36(28-37)39-23-19-34-17-15-30-7-4-9-32-21-25-42(39)49(34)47(30)32/h2*1-28H/i1D,2D,3D,4D,5D,6D,7D,8D,9D,10D,11D,12D,13D,14D,15D,16D,17D,18D,19D,20D,21D,22D,23D,24D,25D,26D,27D,28D;3D,4D,6D,7D,8D,9D,14D,15D,16D,17D,18D,19D,20D,21D,22D,23D,24D,25D. The Balaban J connectivity index is 0.000000164. The van der Waals surface area contributed by atoms with Crippen molar-refractivity contribution < 1.29 is 71.9 Å². The molecule has 0 N–H and O–H groups in total. The van der Waals surface area contributed by atoms with Crippen LogP contribution < -0.4 is 0 Å². The number of rotatable bonds is 6. The first-order valence-electron chi connectivity index (χ1n) is 54.6. The molecule has 0 saturated carbocycles. The van der Waals surface area contributed by atoms with Crippen LogP contribution in [-0.2, 0) is 0 Å². The molecule has 102 heavy (non-hydrogen) atoms. The maximum Gasteiger partial charge on any atom is 0.136 e. The molecule has 0 unspecified atom stereocenters.